The lowest BCUT2D eigenvalue weighted by Crippen LogP contribution is -2.23. The molecule has 94 valence electrons. The van der Waals surface area contributed by atoms with Crippen molar-refractivity contribution in [1.82, 2.24) is 4.98 Å². The first kappa shape index (κ1) is 11.7. The van der Waals surface area contributed by atoms with Crippen molar-refractivity contribution in [3.8, 4) is 0 Å². The van der Waals surface area contributed by atoms with Gasteiger partial charge in [-0.05, 0) is 36.0 Å². The quantitative estimate of drug-likeness (QED) is 0.869. The third-order valence-electron chi connectivity index (χ3n) is 4.43. The highest BCUT2D eigenvalue weighted by atomic mass is 14.7. The van der Waals surface area contributed by atoms with Gasteiger partial charge < -0.3 is 5.73 Å². The van der Waals surface area contributed by atoms with Crippen LogP contribution in [0.5, 0.6) is 0 Å². The van der Waals surface area contributed by atoms with Gasteiger partial charge in [0.05, 0.1) is 5.52 Å². The Morgan fingerprint density at radius 3 is 2.89 bits per heavy atom. The molecule has 2 nitrogen and oxygen atoms in total. The normalized spacial score (nSPS) is 25.4. The van der Waals surface area contributed by atoms with E-state index in [1.807, 2.05) is 12.3 Å². The molecule has 1 heterocycles. The molecule has 1 aliphatic rings. The molecule has 18 heavy (non-hydrogen) atoms. The predicted octanol–water partition coefficient (Wildman–Crippen LogP) is 3.67. The van der Waals surface area contributed by atoms with E-state index >= 15 is 0 Å². The number of hydrogen-bond acceptors (Lipinski definition) is 2. The fraction of sp³-hybridized carbons (Fsp3) is 0.438. The Kier molecular flexibility index (Phi) is 3.04. The Labute approximate surface area is 108 Å². The SMILES string of the molecule is CC1CCCC1C(N)c1cccc2ncccc12. The zero-order valence-corrected chi connectivity index (χ0v) is 10.8. The molecule has 2 N–H and O–H groups in total. The van der Waals surface area contributed by atoms with Crippen molar-refractivity contribution >= 4 is 10.9 Å². The van der Waals surface area contributed by atoms with Gasteiger partial charge in [-0.1, -0.05) is 38.0 Å². The van der Waals surface area contributed by atoms with E-state index in [9.17, 15) is 0 Å². The topological polar surface area (TPSA) is 38.9 Å². The molecule has 2 aromatic rings. The van der Waals surface area contributed by atoms with Gasteiger partial charge in [-0.25, -0.2) is 0 Å². The highest BCUT2D eigenvalue weighted by Crippen LogP contribution is 2.40. The smallest absolute Gasteiger partial charge is 0.0705 e. The number of hydrogen-bond donors (Lipinski definition) is 1. The maximum Gasteiger partial charge on any atom is 0.0705 e. The Balaban J connectivity index is 2.03. The fourth-order valence-electron chi connectivity index (χ4n) is 3.36. The van der Waals surface area contributed by atoms with Crippen LogP contribution in [0.1, 0.15) is 37.8 Å². The van der Waals surface area contributed by atoms with Gasteiger partial charge in [0.2, 0.25) is 0 Å². The van der Waals surface area contributed by atoms with Crippen molar-refractivity contribution < 1.29 is 0 Å². The predicted molar refractivity (Wildman–Crippen MR) is 75.2 cm³/mol. The summed E-state index contributed by atoms with van der Waals surface area (Å²) in [5, 5.41) is 1.21. The van der Waals surface area contributed by atoms with Crippen molar-refractivity contribution in [3.63, 3.8) is 0 Å². The summed E-state index contributed by atoms with van der Waals surface area (Å²) >= 11 is 0. The van der Waals surface area contributed by atoms with Crippen LogP contribution in [-0.2, 0) is 0 Å². The average Bonchev–Trinajstić information content (AvgIpc) is 2.83. The first-order chi connectivity index (χ1) is 8.77. The van der Waals surface area contributed by atoms with Crippen molar-refractivity contribution in [3.05, 3.63) is 42.1 Å². The Morgan fingerprint density at radius 2 is 2.11 bits per heavy atom. The third-order valence-corrected chi connectivity index (χ3v) is 4.43. The molecule has 0 bridgehead atoms. The lowest BCUT2D eigenvalue weighted by molar-refractivity contribution is 0.352. The minimum absolute atomic E-state index is 0.149. The summed E-state index contributed by atoms with van der Waals surface area (Å²) in [5.41, 5.74) is 8.84. The van der Waals surface area contributed by atoms with Gasteiger partial charge in [0, 0.05) is 17.6 Å². The first-order valence-electron chi connectivity index (χ1n) is 6.86. The molecule has 1 fully saturated rings. The molecule has 1 aromatic carbocycles. The maximum atomic E-state index is 6.53. The van der Waals surface area contributed by atoms with Gasteiger partial charge in [0.25, 0.3) is 0 Å². The molecule has 3 atom stereocenters. The molecule has 0 amide bonds. The minimum Gasteiger partial charge on any atom is -0.324 e. The second-order valence-electron chi connectivity index (χ2n) is 5.52. The summed E-state index contributed by atoms with van der Waals surface area (Å²) in [4.78, 5) is 4.41. The number of nitrogens with two attached hydrogens (primary N) is 1. The van der Waals surface area contributed by atoms with Gasteiger partial charge in [-0.15, -0.1) is 0 Å². The summed E-state index contributed by atoms with van der Waals surface area (Å²) < 4.78 is 0. The number of nitrogens with zero attached hydrogens (tertiary/aromatic N) is 1. The van der Waals surface area contributed by atoms with Crippen molar-refractivity contribution in [2.45, 2.75) is 32.2 Å². The summed E-state index contributed by atoms with van der Waals surface area (Å²) in [7, 11) is 0. The molecule has 0 saturated heterocycles. The van der Waals surface area contributed by atoms with Gasteiger partial charge >= 0.3 is 0 Å². The van der Waals surface area contributed by atoms with E-state index in [0.29, 0.717) is 5.92 Å². The van der Waals surface area contributed by atoms with Crippen LogP contribution < -0.4 is 5.73 Å². The second-order valence-corrected chi connectivity index (χ2v) is 5.52. The van der Waals surface area contributed by atoms with Crippen molar-refractivity contribution in [1.29, 1.82) is 0 Å². The van der Waals surface area contributed by atoms with Gasteiger partial charge in [-0.3, -0.25) is 4.98 Å². The lowest BCUT2D eigenvalue weighted by atomic mass is 9.85. The van der Waals surface area contributed by atoms with Crippen LogP contribution in [0.4, 0.5) is 0 Å². The Bertz CT molecular complexity index is 544. The Hall–Kier alpha value is -1.41. The van der Waals surface area contributed by atoms with Crippen LogP contribution in [0.2, 0.25) is 0 Å². The molecular formula is C16H20N2. The van der Waals surface area contributed by atoms with Gasteiger partial charge in [0.15, 0.2) is 0 Å². The van der Waals surface area contributed by atoms with E-state index < -0.39 is 0 Å². The highest BCUT2D eigenvalue weighted by molar-refractivity contribution is 5.82. The summed E-state index contributed by atoms with van der Waals surface area (Å²) in [5.74, 6) is 1.36. The number of aromatic nitrogens is 1. The van der Waals surface area contributed by atoms with Crippen molar-refractivity contribution in [2.75, 3.05) is 0 Å². The summed E-state index contributed by atoms with van der Waals surface area (Å²) in [6.07, 6.45) is 5.75. The van der Waals surface area contributed by atoms with Crippen LogP contribution in [0, 0.1) is 11.8 Å². The zero-order chi connectivity index (χ0) is 12.5. The molecule has 3 unspecified atom stereocenters. The molecule has 1 aromatic heterocycles. The van der Waals surface area contributed by atoms with E-state index in [1.165, 1.54) is 30.2 Å². The van der Waals surface area contributed by atoms with E-state index in [4.69, 9.17) is 5.73 Å². The van der Waals surface area contributed by atoms with E-state index in [1.54, 1.807) is 0 Å². The second kappa shape index (κ2) is 4.69. The molecule has 3 rings (SSSR count). The summed E-state index contributed by atoms with van der Waals surface area (Å²) in [6, 6.07) is 10.6. The van der Waals surface area contributed by atoms with E-state index in [-0.39, 0.29) is 6.04 Å². The average molecular weight is 240 g/mol. The standard InChI is InChI=1S/C16H20N2/c1-11-5-2-6-12(11)16(17)14-7-3-9-15-13(14)8-4-10-18-15/h3-4,7-12,16H,2,5-6,17H2,1H3. The molecule has 2 heteroatoms. The first-order valence-corrected chi connectivity index (χ1v) is 6.86. The fourth-order valence-corrected chi connectivity index (χ4v) is 3.36. The molecule has 1 aliphatic carbocycles. The van der Waals surface area contributed by atoms with Crippen molar-refractivity contribution in [2.24, 2.45) is 17.6 Å². The third kappa shape index (κ3) is 1.91. The Morgan fingerprint density at radius 1 is 1.22 bits per heavy atom. The highest BCUT2D eigenvalue weighted by Gasteiger charge is 2.30. The van der Waals surface area contributed by atoms with Gasteiger partial charge in [-0.2, -0.15) is 0 Å². The van der Waals surface area contributed by atoms with Crippen LogP contribution in [0.15, 0.2) is 36.5 Å². The molecular weight excluding hydrogens is 220 g/mol. The number of pyridine rings is 1. The van der Waals surface area contributed by atoms with Crippen LogP contribution in [0.3, 0.4) is 0 Å². The molecule has 0 aliphatic heterocycles. The molecule has 1 saturated carbocycles. The number of rotatable bonds is 2. The van der Waals surface area contributed by atoms with Gasteiger partial charge in [0.1, 0.15) is 0 Å². The lowest BCUT2D eigenvalue weighted by Gasteiger charge is -2.24. The minimum atomic E-state index is 0.149. The monoisotopic (exact) mass is 240 g/mol. The number of benzene rings is 1. The van der Waals surface area contributed by atoms with Crippen LogP contribution in [-0.4, -0.2) is 4.98 Å². The zero-order valence-electron chi connectivity index (χ0n) is 10.8. The van der Waals surface area contributed by atoms with Crippen LogP contribution in [0.25, 0.3) is 10.9 Å². The molecule has 0 spiro atoms. The maximum absolute atomic E-state index is 6.53. The summed E-state index contributed by atoms with van der Waals surface area (Å²) in [6.45, 7) is 2.33. The molecule has 0 radical (unpaired) electrons. The number of fused-ring (bicyclic) bond motifs is 1. The van der Waals surface area contributed by atoms with Crippen LogP contribution >= 0.6 is 0 Å². The van der Waals surface area contributed by atoms with E-state index in [0.717, 1.165) is 11.4 Å². The largest absolute Gasteiger partial charge is 0.324 e. The van der Waals surface area contributed by atoms with E-state index in [2.05, 4.69) is 36.2 Å².